The van der Waals surface area contributed by atoms with E-state index < -0.39 is 8.56 Å². The van der Waals surface area contributed by atoms with E-state index in [1.165, 1.54) is 0 Å². The molecule has 1 saturated heterocycles. The van der Waals surface area contributed by atoms with Crippen molar-refractivity contribution >= 4 is 8.56 Å². The molecule has 0 radical (unpaired) electrons. The van der Waals surface area contributed by atoms with Crippen LogP contribution in [0.3, 0.4) is 0 Å². The second-order valence-corrected chi connectivity index (χ2v) is 7.01. The van der Waals surface area contributed by atoms with Crippen LogP contribution in [-0.4, -0.2) is 46.8 Å². The minimum Gasteiger partial charge on any atom is -0.393 e. The van der Waals surface area contributed by atoms with Crippen LogP contribution in [-0.2, 0) is 8.85 Å². The molecule has 0 aliphatic carbocycles. The Morgan fingerprint density at radius 1 is 1.08 bits per heavy atom. The molecule has 0 saturated carbocycles. The highest BCUT2D eigenvalue weighted by Crippen LogP contribution is 2.26. The Balaban J connectivity index is 1.91. The molecule has 74 valence electrons. The van der Waals surface area contributed by atoms with Crippen molar-refractivity contribution in [1.29, 1.82) is 0 Å². The van der Waals surface area contributed by atoms with Crippen LogP contribution in [0, 0.1) is 0 Å². The van der Waals surface area contributed by atoms with Crippen molar-refractivity contribution in [3.63, 3.8) is 0 Å². The molecule has 13 heavy (non-hydrogen) atoms. The fraction of sp³-hybridized carbons (Fsp3) is 0.778. The van der Waals surface area contributed by atoms with Crippen LogP contribution in [0.25, 0.3) is 0 Å². The predicted octanol–water partition coefficient (Wildman–Crippen LogP) is 0.977. The smallest absolute Gasteiger partial charge is 0.346 e. The van der Waals surface area contributed by atoms with Crippen molar-refractivity contribution in [2.24, 2.45) is 0 Å². The molecular formula is C9H17NO2Si. The van der Waals surface area contributed by atoms with Crippen molar-refractivity contribution in [2.75, 3.05) is 33.4 Å². The first kappa shape index (κ1) is 9.39. The average Bonchev–Trinajstić information content (AvgIpc) is 2.51. The van der Waals surface area contributed by atoms with Gasteiger partial charge >= 0.3 is 8.56 Å². The number of likely N-dealkylation sites (N-methyl/N-ethyl adjacent to an activating group) is 1. The van der Waals surface area contributed by atoms with E-state index in [2.05, 4.69) is 24.1 Å². The number of nitrogens with zero attached hydrogens (tertiary/aromatic N) is 1. The lowest BCUT2D eigenvalue weighted by Gasteiger charge is -2.31. The van der Waals surface area contributed by atoms with E-state index in [0.29, 0.717) is 0 Å². The molecule has 0 atom stereocenters. The lowest BCUT2D eigenvalue weighted by Crippen LogP contribution is -2.45. The van der Waals surface area contributed by atoms with Gasteiger partial charge in [-0.1, -0.05) is 12.2 Å². The molecule has 0 N–H and O–H groups in total. The third kappa shape index (κ3) is 2.20. The standard InChI is InChI=1S/C9H17NO2Si/c1-10-4-6-11-13(12-7-5-10)8-2-3-9-13/h2-3H,4-9H2,1H3. The third-order valence-electron chi connectivity index (χ3n) is 2.70. The Labute approximate surface area is 80.6 Å². The molecule has 0 aromatic rings. The number of rotatable bonds is 0. The van der Waals surface area contributed by atoms with E-state index in [-0.39, 0.29) is 0 Å². The van der Waals surface area contributed by atoms with Gasteiger partial charge in [-0.05, 0) is 7.05 Å². The highest BCUT2D eigenvalue weighted by atomic mass is 28.4. The van der Waals surface area contributed by atoms with Crippen LogP contribution in [0.2, 0.25) is 12.1 Å². The fourth-order valence-corrected chi connectivity index (χ4v) is 4.47. The minimum absolute atomic E-state index is 0.838. The highest BCUT2D eigenvalue weighted by Gasteiger charge is 2.39. The van der Waals surface area contributed by atoms with Gasteiger partial charge in [0.15, 0.2) is 0 Å². The molecule has 0 aromatic carbocycles. The molecule has 3 nitrogen and oxygen atoms in total. The summed E-state index contributed by atoms with van der Waals surface area (Å²) in [6.07, 6.45) is 4.41. The summed E-state index contributed by atoms with van der Waals surface area (Å²) in [5.41, 5.74) is 0. The van der Waals surface area contributed by atoms with Crippen LogP contribution >= 0.6 is 0 Å². The third-order valence-corrected chi connectivity index (χ3v) is 5.88. The zero-order chi connectivity index (χ0) is 9.15. The Hall–Kier alpha value is -0.163. The summed E-state index contributed by atoms with van der Waals surface area (Å²) in [5.74, 6) is 0. The second kappa shape index (κ2) is 3.92. The fourth-order valence-electron chi connectivity index (χ4n) is 1.77. The largest absolute Gasteiger partial charge is 0.393 e. The molecular weight excluding hydrogens is 182 g/mol. The van der Waals surface area contributed by atoms with Gasteiger partial charge in [0.25, 0.3) is 0 Å². The quantitative estimate of drug-likeness (QED) is 0.429. The zero-order valence-corrected chi connectivity index (χ0v) is 9.16. The van der Waals surface area contributed by atoms with Crippen LogP contribution in [0.1, 0.15) is 0 Å². The Morgan fingerprint density at radius 2 is 1.62 bits per heavy atom. The molecule has 2 aliphatic heterocycles. The predicted molar refractivity (Wildman–Crippen MR) is 53.9 cm³/mol. The summed E-state index contributed by atoms with van der Waals surface area (Å²) in [5, 5.41) is 0. The van der Waals surface area contributed by atoms with Gasteiger partial charge in [0.2, 0.25) is 0 Å². The van der Waals surface area contributed by atoms with E-state index in [9.17, 15) is 0 Å². The van der Waals surface area contributed by atoms with Crippen LogP contribution in [0.4, 0.5) is 0 Å². The van der Waals surface area contributed by atoms with Crippen molar-refractivity contribution in [2.45, 2.75) is 12.1 Å². The Kier molecular flexibility index (Phi) is 2.83. The maximum Gasteiger partial charge on any atom is 0.346 e. The molecule has 2 aliphatic rings. The van der Waals surface area contributed by atoms with E-state index in [1.807, 2.05) is 0 Å². The summed E-state index contributed by atoms with van der Waals surface area (Å²) in [4.78, 5) is 2.25. The number of hydrogen-bond donors (Lipinski definition) is 0. The van der Waals surface area contributed by atoms with Gasteiger partial charge in [0.1, 0.15) is 0 Å². The molecule has 0 unspecified atom stereocenters. The Morgan fingerprint density at radius 3 is 2.15 bits per heavy atom. The van der Waals surface area contributed by atoms with E-state index >= 15 is 0 Å². The molecule has 4 heteroatoms. The SMILES string of the molecule is CN1CCO[Si]2(CC=CC2)OCC1. The maximum absolute atomic E-state index is 5.91. The van der Waals surface area contributed by atoms with Gasteiger partial charge in [-0.15, -0.1) is 0 Å². The molecule has 0 bridgehead atoms. The van der Waals surface area contributed by atoms with Gasteiger partial charge < -0.3 is 13.8 Å². The van der Waals surface area contributed by atoms with Crippen molar-refractivity contribution in [3.8, 4) is 0 Å². The first-order valence-electron chi connectivity index (χ1n) is 4.92. The summed E-state index contributed by atoms with van der Waals surface area (Å²) >= 11 is 0. The van der Waals surface area contributed by atoms with Gasteiger partial charge in [-0.3, -0.25) is 0 Å². The molecule has 0 aromatic heterocycles. The van der Waals surface area contributed by atoms with E-state index in [4.69, 9.17) is 8.85 Å². The van der Waals surface area contributed by atoms with Crippen molar-refractivity contribution < 1.29 is 8.85 Å². The number of allylic oxidation sites excluding steroid dienone is 2. The summed E-state index contributed by atoms with van der Waals surface area (Å²) in [7, 11) is 0.341. The van der Waals surface area contributed by atoms with Gasteiger partial charge in [-0.2, -0.15) is 0 Å². The van der Waals surface area contributed by atoms with E-state index in [0.717, 1.165) is 38.4 Å². The molecule has 2 rings (SSSR count). The minimum atomic E-state index is -1.77. The lowest BCUT2D eigenvalue weighted by molar-refractivity contribution is 0.109. The topological polar surface area (TPSA) is 21.7 Å². The monoisotopic (exact) mass is 199 g/mol. The summed E-state index contributed by atoms with van der Waals surface area (Å²) in [6.45, 7) is 3.75. The first-order chi connectivity index (χ1) is 6.31. The van der Waals surface area contributed by atoms with Crippen LogP contribution in [0.15, 0.2) is 12.2 Å². The van der Waals surface area contributed by atoms with Gasteiger partial charge in [0, 0.05) is 38.4 Å². The number of hydrogen-bond acceptors (Lipinski definition) is 3. The average molecular weight is 199 g/mol. The van der Waals surface area contributed by atoms with Gasteiger partial charge in [-0.25, -0.2) is 0 Å². The summed E-state index contributed by atoms with van der Waals surface area (Å²) < 4.78 is 11.8. The van der Waals surface area contributed by atoms with Crippen molar-refractivity contribution in [1.82, 2.24) is 4.90 Å². The molecule has 1 spiro atoms. The van der Waals surface area contributed by atoms with Crippen LogP contribution in [0.5, 0.6) is 0 Å². The van der Waals surface area contributed by atoms with E-state index in [1.54, 1.807) is 0 Å². The second-order valence-electron chi connectivity index (χ2n) is 3.79. The molecule has 1 fully saturated rings. The molecule has 0 amide bonds. The van der Waals surface area contributed by atoms with Gasteiger partial charge in [0.05, 0.1) is 0 Å². The first-order valence-corrected chi connectivity index (χ1v) is 7.15. The maximum atomic E-state index is 5.91. The lowest BCUT2D eigenvalue weighted by atomic mass is 10.5. The normalized spacial score (nSPS) is 29.0. The Bertz CT molecular complexity index is 188. The van der Waals surface area contributed by atoms with Crippen LogP contribution < -0.4 is 0 Å². The summed E-state index contributed by atoms with van der Waals surface area (Å²) in [6, 6.07) is 2.10. The van der Waals surface area contributed by atoms with Crippen molar-refractivity contribution in [3.05, 3.63) is 12.2 Å². The molecule has 2 heterocycles. The highest BCUT2D eigenvalue weighted by molar-refractivity contribution is 6.69. The zero-order valence-electron chi connectivity index (χ0n) is 8.16.